The zero-order valence-electron chi connectivity index (χ0n) is 22.0. The fourth-order valence-corrected chi connectivity index (χ4v) is 7.20. The molecule has 3 aromatic rings. The largest absolute Gasteiger partial charge is 0.389 e. The third-order valence-corrected chi connectivity index (χ3v) is 9.65. The van der Waals surface area contributed by atoms with Gasteiger partial charge in [0.2, 0.25) is 0 Å². The Balaban J connectivity index is 1.60. The molecule has 38 heavy (non-hydrogen) atoms. The predicted octanol–water partition coefficient (Wildman–Crippen LogP) is 5.41. The van der Waals surface area contributed by atoms with Crippen LogP contribution in [0.15, 0.2) is 17.1 Å². The molecule has 1 saturated carbocycles. The lowest BCUT2D eigenvalue weighted by Gasteiger charge is -2.17. The number of fused-ring (bicyclic) bond motifs is 2. The van der Waals surface area contributed by atoms with Crippen molar-refractivity contribution < 1.29 is 13.5 Å². The average molecular weight is 533 g/mol. The zero-order chi connectivity index (χ0) is 26.9. The Morgan fingerprint density at radius 1 is 1.21 bits per heavy atom. The van der Waals surface area contributed by atoms with E-state index < -0.39 is 11.6 Å². The summed E-state index contributed by atoms with van der Waals surface area (Å²) in [6.45, 7) is 10.4. The highest BCUT2D eigenvalue weighted by atomic mass is 32.1. The van der Waals surface area contributed by atoms with Gasteiger partial charge in [-0.25, -0.2) is 13.8 Å². The third-order valence-electron chi connectivity index (χ3n) is 8.66. The molecule has 0 bridgehead atoms. The van der Waals surface area contributed by atoms with Gasteiger partial charge in [-0.15, -0.1) is 11.3 Å². The normalized spacial score (nSPS) is 20.4. The molecule has 1 unspecified atom stereocenters. The molecule has 5 nitrogen and oxygen atoms in total. The van der Waals surface area contributed by atoms with Crippen LogP contribution in [-0.2, 0) is 18.0 Å². The van der Waals surface area contributed by atoms with Gasteiger partial charge in [0, 0.05) is 50.9 Å². The first-order valence-electron chi connectivity index (χ1n) is 13.0. The van der Waals surface area contributed by atoms with E-state index in [0.29, 0.717) is 42.4 Å². The Hall–Kier alpha value is -3.28. The van der Waals surface area contributed by atoms with Gasteiger partial charge in [-0.2, -0.15) is 5.26 Å². The number of hydrogen-bond donors (Lipinski definition) is 1. The summed E-state index contributed by atoms with van der Waals surface area (Å²) >= 11 is 1.20. The second-order valence-electron chi connectivity index (χ2n) is 11.1. The first-order valence-corrected chi connectivity index (χ1v) is 13.8. The summed E-state index contributed by atoms with van der Waals surface area (Å²) < 4.78 is 38.6. The van der Waals surface area contributed by atoms with E-state index in [9.17, 15) is 5.26 Å². The van der Waals surface area contributed by atoms with Crippen LogP contribution >= 0.6 is 11.3 Å². The van der Waals surface area contributed by atoms with Crippen molar-refractivity contribution in [3.05, 3.63) is 50.9 Å². The quantitative estimate of drug-likeness (QED) is 0.354. The van der Waals surface area contributed by atoms with Gasteiger partial charge >= 0.3 is 0 Å². The van der Waals surface area contributed by atoms with Crippen LogP contribution in [0.2, 0.25) is 0 Å². The molecule has 196 valence electrons. The van der Waals surface area contributed by atoms with E-state index in [4.69, 9.17) is 15.5 Å². The van der Waals surface area contributed by atoms with E-state index >= 15 is 8.78 Å². The van der Waals surface area contributed by atoms with E-state index in [1.165, 1.54) is 30.2 Å². The Kier molecular flexibility index (Phi) is 5.85. The van der Waals surface area contributed by atoms with Crippen LogP contribution in [0.5, 0.6) is 0 Å². The average Bonchev–Trinajstić information content (AvgIpc) is 3.19. The van der Waals surface area contributed by atoms with Gasteiger partial charge in [0.15, 0.2) is 0 Å². The number of nitrogens with zero attached hydrogens (tertiary/aromatic N) is 3. The summed E-state index contributed by atoms with van der Waals surface area (Å²) in [5.41, 5.74) is 9.08. The number of aliphatic imine (C=N–C) groups is 1. The summed E-state index contributed by atoms with van der Waals surface area (Å²) in [5.74, 6) is 0.439. The first-order chi connectivity index (χ1) is 18.2. The van der Waals surface area contributed by atoms with Crippen LogP contribution in [0.1, 0.15) is 57.2 Å². The number of thiophene rings is 1. The first kappa shape index (κ1) is 25.0. The third kappa shape index (κ3) is 3.67. The maximum absolute atomic E-state index is 16.6. The van der Waals surface area contributed by atoms with E-state index in [1.807, 2.05) is 20.8 Å². The summed E-state index contributed by atoms with van der Waals surface area (Å²) in [6.07, 6.45) is 4.31. The van der Waals surface area contributed by atoms with E-state index in [0.717, 1.165) is 30.1 Å². The highest BCUT2D eigenvalue weighted by molar-refractivity contribution is 7.23. The van der Waals surface area contributed by atoms with Crippen LogP contribution in [0.3, 0.4) is 0 Å². The summed E-state index contributed by atoms with van der Waals surface area (Å²) in [5, 5.41) is 11.5. The number of nitriles is 1. The molecule has 1 atom stereocenters. The molecule has 6 rings (SSSR count). The highest BCUT2D eigenvalue weighted by Crippen LogP contribution is 2.56. The number of likely N-dealkylation sites (tertiary alicyclic amines) is 1. The van der Waals surface area contributed by atoms with Crippen molar-refractivity contribution in [2.24, 2.45) is 16.3 Å². The Bertz CT molecular complexity index is 1710. The number of hydrogen-bond acceptors (Lipinski definition) is 5. The summed E-state index contributed by atoms with van der Waals surface area (Å²) in [7, 11) is 0. The summed E-state index contributed by atoms with van der Waals surface area (Å²) in [6, 6.07) is 5.00. The fourth-order valence-electron chi connectivity index (χ4n) is 6.27. The molecule has 1 aliphatic carbocycles. The second-order valence-corrected chi connectivity index (χ2v) is 12.2. The van der Waals surface area contributed by atoms with Gasteiger partial charge in [0.25, 0.3) is 0 Å². The molecule has 0 amide bonds. The molecule has 2 fully saturated rings. The monoisotopic (exact) mass is 532 g/mol. The molecule has 2 aromatic carbocycles. The molecule has 2 N–H and O–H groups in total. The van der Waals surface area contributed by atoms with Crippen LogP contribution in [-0.4, -0.2) is 23.8 Å². The van der Waals surface area contributed by atoms with Crippen LogP contribution in [0, 0.1) is 34.3 Å². The van der Waals surface area contributed by atoms with Crippen molar-refractivity contribution >= 4 is 44.0 Å². The van der Waals surface area contributed by atoms with E-state index in [2.05, 4.69) is 17.9 Å². The van der Waals surface area contributed by atoms with Gasteiger partial charge in [0.05, 0.1) is 18.8 Å². The van der Waals surface area contributed by atoms with Gasteiger partial charge in [0.1, 0.15) is 28.5 Å². The summed E-state index contributed by atoms with van der Waals surface area (Å²) in [4.78, 5) is 7.15. The number of benzene rings is 2. The van der Waals surface area contributed by atoms with Gasteiger partial charge in [-0.1, -0.05) is 12.5 Å². The lowest BCUT2D eigenvalue weighted by Crippen LogP contribution is -2.35. The molecular formula is C30H30F2N4OS. The molecular weight excluding hydrogens is 502 g/mol. The molecule has 3 aliphatic rings. The molecule has 2 aliphatic heterocycles. The maximum atomic E-state index is 16.6. The van der Waals surface area contributed by atoms with Gasteiger partial charge in [-0.05, 0) is 68.2 Å². The second kappa shape index (κ2) is 8.89. The van der Waals surface area contributed by atoms with Crippen molar-refractivity contribution in [3.63, 3.8) is 0 Å². The predicted molar refractivity (Wildman–Crippen MR) is 149 cm³/mol. The smallest absolute Gasteiger partial charge is 0.139 e. The SMILES string of the molecule is CC(=N/C=c1/c2c(c(-c3c(F)ccc4sc(N)c(C#N)c34)c(F)c1=C(C)C)COC2)N1CC(C)C2(CC2)C1. The van der Waals surface area contributed by atoms with Gasteiger partial charge < -0.3 is 15.4 Å². The molecule has 8 heteroatoms. The molecule has 1 aromatic heterocycles. The minimum absolute atomic E-state index is 0.0702. The number of rotatable bonds is 2. The van der Waals surface area contributed by atoms with Crippen LogP contribution in [0.25, 0.3) is 33.0 Å². The standard InChI is InChI=1S/C30H30F2N4OS/c1-15(2)24-19(10-35-17(4)36-11-16(3)30(14-36)7-8-30)20-12-37-13-21(20)26(28(24)32)27-22(31)5-6-23-25(27)18(9-33)29(34)38-23/h5-6,10,16H,7-8,11-14,34H2,1-4H3/b19-10-,35-17?. The Morgan fingerprint density at radius 3 is 2.61 bits per heavy atom. The topological polar surface area (TPSA) is 74.6 Å². The Labute approximate surface area is 224 Å². The number of anilines is 1. The number of amidine groups is 1. The highest BCUT2D eigenvalue weighted by Gasteiger charge is 2.53. The number of nitrogen functional groups attached to an aromatic ring is 1. The van der Waals surface area contributed by atoms with Crippen LogP contribution < -0.4 is 16.2 Å². The number of nitrogens with two attached hydrogens (primary N) is 1. The van der Waals surface area contributed by atoms with Crippen molar-refractivity contribution in [2.75, 3.05) is 18.8 Å². The minimum atomic E-state index is -0.595. The molecule has 1 spiro atoms. The van der Waals surface area contributed by atoms with Crippen LogP contribution in [0.4, 0.5) is 13.8 Å². The Morgan fingerprint density at radius 2 is 1.95 bits per heavy atom. The number of ether oxygens (including phenoxy) is 1. The van der Waals surface area contributed by atoms with Crippen molar-refractivity contribution in [1.82, 2.24) is 4.90 Å². The fraction of sp³-hybridized carbons (Fsp3) is 0.400. The van der Waals surface area contributed by atoms with Crippen molar-refractivity contribution in [2.45, 2.75) is 53.8 Å². The lowest BCUT2D eigenvalue weighted by molar-refractivity contribution is 0.134. The molecule has 0 radical (unpaired) electrons. The van der Waals surface area contributed by atoms with Crippen molar-refractivity contribution in [1.29, 1.82) is 5.26 Å². The number of halogens is 2. The van der Waals surface area contributed by atoms with E-state index in [-0.39, 0.29) is 29.9 Å². The molecule has 3 heterocycles. The lowest BCUT2D eigenvalue weighted by atomic mass is 9.89. The van der Waals surface area contributed by atoms with E-state index in [1.54, 1.807) is 12.3 Å². The maximum Gasteiger partial charge on any atom is 0.139 e. The van der Waals surface area contributed by atoms with Gasteiger partial charge in [-0.3, -0.25) is 0 Å². The zero-order valence-corrected chi connectivity index (χ0v) is 22.9. The van der Waals surface area contributed by atoms with Crippen molar-refractivity contribution in [3.8, 4) is 17.2 Å². The molecule has 1 saturated heterocycles. The minimum Gasteiger partial charge on any atom is -0.389 e.